The molecule has 1 aliphatic heterocycles. The van der Waals surface area contributed by atoms with Crippen LogP contribution in [0.4, 0.5) is 0 Å². The normalized spacial score (nSPS) is 54.8. The van der Waals surface area contributed by atoms with Gasteiger partial charge < -0.3 is 19.7 Å². The smallest absolute Gasteiger partial charge is 0.310 e. The molecule has 1 saturated heterocycles. The number of aliphatic carboxylic acids is 1. The minimum absolute atomic E-state index is 0.00874. The standard InChI is InChI=1S/C33H52O5/c1-27(2)13-15-33(26(35)36)16-14-31(7)20(21(33)17-27)9-10-24-29(5)18-22(34)25-30(6,19-37-28(3,4)38-25)23(29)11-12-32(24,31)8/h9,21-25,34H,10-19H2,1-8H3,(H,35,36). The van der Waals surface area contributed by atoms with E-state index < -0.39 is 23.3 Å². The molecule has 5 nitrogen and oxygen atoms in total. The Labute approximate surface area is 230 Å². The monoisotopic (exact) mass is 528 g/mol. The van der Waals surface area contributed by atoms with Crippen LogP contribution < -0.4 is 0 Å². The van der Waals surface area contributed by atoms with E-state index in [9.17, 15) is 15.0 Å². The zero-order valence-corrected chi connectivity index (χ0v) is 25.2. The van der Waals surface area contributed by atoms with Gasteiger partial charge in [-0.1, -0.05) is 53.2 Å². The average molecular weight is 529 g/mol. The van der Waals surface area contributed by atoms with Crippen LogP contribution >= 0.6 is 0 Å². The van der Waals surface area contributed by atoms with Gasteiger partial charge in [0.2, 0.25) is 0 Å². The van der Waals surface area contributed by atoms with Crippen molar-refractivity contribution >= 4 is 5.97 Å². The molecule has 10 unspecified atom stereocenters. The fourth-order valence-electron chi connectivity index (χ4n) is 11.6. The third kappa shape index (κ3) is 3.30. The molecule has 0 bridgehead atoms. The Hall–Kier alpha value is -0.910. The van der Waals surface area contributed by atoms with Gasteiger partial charge in [0.25, 0.3) is 0 Å². The van der Waals surface area contributed by atoms with Gasteiger partial charge >= 0.3 is 5.97 Å². The Kier molecular flexibility index (Phi) is 5.66. The predicted octanol–water partition coefficient (Wildman–Crippen LogP) is 6.98. The molecule has 10 atom stereocenters. The highest BCUT2D eigenvalue weighted by Gasteiger charge is 2.71. The molecule has 0 amide bonds. The topological polar surface area (TPSA) is 76.0 Å². The van der Waals surface area contributed by atoms with Crippen LogP contribution in [0.25, 0.3) is 0 Å². The van der Waals surface area contributed by atoms with E-state index in [0.717, 1.165) is 57.8 Å². The first-order chi connectivity index (χ1) is 17.4. The van der Waals surface area contributed by atoms with Gasteiger partial charge in [-0.15, -0.1) is 0 Å². The fourth-order valence-corrected chi connectivity index (χ4v) is 11.6. The van der Waals surface area contributed by atoms with Crippen LogP contribution in [0.1, 0.15) is 113 Å². The van der Waals surface area contributed by atoms with Gasteiger partial charge in [-0.2, -0.15) is 0 Å². The van der Waals surface area contributed by atoms with Crippen LogP contribution in [-0.2, 0) is 14.3 Å². The maximum Gasteiger partial charge on any atom is 0.310 e. The Morgan fingerprint density at radius 2 is 1.58 bits per heavy atom. The molecule has 5 aliphatic carbocycles. The Morgan fingerprint density at radius 3 is 2.26 bits per heavy atom. The largest absolute Gasteiger partial charge is 0.481 e. The molecule has 0 aromatic carbocycles. The molecule has 0 aromatic rings. The molecular weight excluding hydrogens is 476 g/mol. The lowest BCUT2D eigenvalue weighted by Gasteiger charge is -2.72. The lowest BCUT2D eigenvalue weighted by molar-refractivity contribution is -0.368. The van der Waals surface area contributed by atoms with Gasteiger partial charge in [-0.3, -0.25) is 4.79 Å². The van der Waals surface area contributed by atoms with Crippen LogP contribution in [-0.4, -0.2) is 40.8 Å². The van der Waals surface area contributed by atoms with Gasteiger partial charge in [0.15, 0.2) is 5.79 Å². The van der Waals surface area contributed by atoms with Crippen LogP contribution in [0.3, 0.4) is 0 Å². The molecule has 0 spiro atoms. The van der Waals surface area contributed by atoms with E-state index in [1.165, 1.54) is 5.57 Å². The van der Waals surface area contributed by atoms with E-state index in [1.807, 2.05) is 13.8 Å². The molecule has 0 radical (unpaired) electrons. The van der Waals surface area contributed by atoms with Crippen LogP contribution in [0.2, 0.25) is 0 Å². The molecule has 5 heteroatoms. The minimum Gasteiger partial charge on any atom is -0.481 e. The average Bonchev–Trinajstić information content (AvgIpc) is 2.80. The number of rotatable bonds is 1. The fraction of sp³-hybridized carbons (Fsp3) is 0.909. The van der Waals surface area contributed by atoms with Crippen molar-refractivity contribution in [1.82, 2.24) is 0 Å². The van der Waals surface area contributed by atoms with Crippen molar-refractivity contribution in [2.75, 3.05) is 6.61 Å². The molecule has 6 aliphatic rings. The first-order valence-corrected chi connectivity index (χ1v) is 15.4. The van der Waals surface area contributed by atoms with E-state index in [1.54, 1.807) is 0 Å². The van der Waals surface area contributed by atoms with Gasteiger partial charge in [-0.05, 0) is 111 Å². The Balaban J connectivity index is 1.41. The number of hydrogen-bond acceptors (Lipinski definition) is 4. The van der Waals surface area contributed by atoms with E-state index in [2.05, 4.69) is 47.6 Å². The van der Waals surface area contributed by atoms with Gasteiger partial charge in [-0.25, -0.2) is 0 Å². The third-order valence-corrected chi connectivity index (χ3v) is 13.9. The molecule has 1 heterocycles. The Morgan fingerprint density at radius 1 is 0.895 bits per heavy atom. The summed E-state index contributed by atoms with van der Waals surface area (Å²) in [5.41, 5.74) is 0.868. The van der Waals surface area contributed by atoms with Gasteiger partial charge in [0, 0.05) is 5.41 Å². The van der Waals surface area contributed by atoms with E-state index in [-0.39, 0.29) is 39.1 Å². The summed E-state index contributed by atoms with van der Waals surface area (Å²) in [4.78, 5) is 12.9. The summed E-state index contributed by atoms with van der Waals surface area (Å²) in [6.45, 7) is 19.0. The maximum absolute atomic E-state index is 12.9. The molecule has 0 aromatic heterocycles. The maximum atomic E-state index is 12.9. The number of ether oxygens (including phenoxy) is 2. The van der Waals surface area contributed by atoms with Gasteiger partial charge in [0.1, 0.15) is 0 Å². The molecule has 2 N–H and O–H groups in total. The first-order valence-electron chi connectivity index (χ1n) is 15.4. The quantitative estimate of drug-likeness (QED) is 0.359. The highest BCUT2D eigenvalue weighted by Crippen LogP contribution is 2.76. The third-order valence-electron chi connectivity index (χ3n) is 13.9. The lowest BCUT2D eigenvalue weighted by atomic mass is 9.33. The van der Waals surface area contributed by atoms with Crippen molar-refractivity contribution in [3.8, 4) is 0 Å². The van der Waals surface area contributed by atoms with Crippen molar-refractivity contribution in [3.05, 3.63) is 11.6 Å². The summed E-state index contributed by atoms with van der Waals surface area (Å²) in [6.07, 6.45) is 10.3. The summed E-state index contributed by atoms with van der Waals surface area (Å²) in [6, 6.07) is 0. The van der Waals surface area contributed by atoms with Crippen LogP contribution in [0.15, 0.2) is 11.6 Å². The second kappa shape index (κ2) is 7.88. The highest BCUT2D eigenvalue weighted by molar-refractivity contribution is 5.76. The SMILES string of the molecule is CC1(C)CCC2(C(=O)O)CCC3(C)C(=CCC4C5(C)CC(O)C6OC(C)(C)OCC6(C)C5CCC43C)C2C1. The lowest BCUT2D eigenvalue weighted by Crippen LogP contribution is -2.70. The number of carboxylic acid groups (broad SMARTS) is 1. The summed E-state index contributed by atoms with van der Waals surface area (Å²) in [5, 5.41) is 22.2. The number of aliphatic hydroxyl groups excluding tert-OH is 1. The molecule has 6 rings (SSSR count). The first kappa shape index (κ1) is 27.3. The number of allylic oxidation sites excluding steroid dienone is 2. The number of carboxylic acids is 1. The van der Waals surface area contributed by atoms with E-state index in [4.69, 9.17) is 9.47 Å². The molecule has 214 valence electrons. The summed E-state index contributed by atoms with van der Waals surface area (Å²) in [5.74, 6) is -0.236. The zero-order valence-electron chi connectivity index (χ0n) is 25.2. The number of hydrogen-bond donors (Lipinski definition) is 2. The highest BCUT2D eigenvalue weighted by atomic mass is 16.7. The summed E-state index contributed by atoms with van der Waals surface area (Å²) >= 11 is 0. The second-order valence-corrected chi connectivity index (χ2v) is 16.7. The number of carbonyl (C=O) groups is 1. The minimum atomic E-state index is -0.662. The van der Waals surface area contributed by atoms with Crippen molar-refractivity contribution in [1.29, 1.82) is 0 Å². The molecular formula is C33H52O5. The van der Waals surface area contributed by atoms with E-state index in [0.29, 0.717) is 18.4 Å². The van der Waals surface area contributed by atoms with Crippen molar-refractivity contribution in [2.24, 2.45) is 50.2 Å². The van der Waals surface area contributed by atoms with Crippen LogP contribution in [0, 0.1) is 50.2 Å². The summed E-state index contributed by atoms with van der Waals surface area (Å²) in [7, 11) is 0. The van der Waals surface area contributed by atoms with Crippen molar-refractivity contribution in [3.63, 3.8) is 0 Å². The predicted molar refractivity (Wildman–Crippen MR) is 147 cm³/mol. The number of fused-ring (bicyclic) bond motifs is 9. The molecule has 38 heavy (non-hydrogen) atoms. The van der Waals surface area contributed by atoms with E-state index >= 15 is 0 Å². The Bertz CT molecular complexity index is 1060. The second-order valence-electron chi connectivity index (χ2n) is 16.7. The molecule has 4 saturated carbocycles. The van der Waals surface area contributed by atoms with Gasteiger partial charge in [0.05, 0.1) is 24.2 Å². The van der Waals surface area contributed by atoms with Crippen molar-refractivity contribution < 1.29 is 24.5 Å². The van der Waals surface area contributed by atoms with Crippen molar-refractivity contribution in [2.45, 2.75) is 131 Å². The summed E-state index contributed by atoms with van der Waals surface area (Å²) < 4.78 is 12.7. The molecule has 5 fully saturated rings. The zero-order chi connectivity index (χ0) is 27.7. The van der Waals surface area contributed by atoms with Crippen LogP contribution in [0.5, 0.6) is 0 Å². The number of aliphatic hydroxyl groups is 1.